The van der Waals surface area contributed by atoms with Crippen LogP contribution in [-0.2, 0) is 24.1 Å². The Labute approximate surface area is 250 Å². The van der Waals surface area contributed by atoms with Crippen LogP contribution >= 0.6 is 0 Å². The summed E-state index contributed by atoms with van der Waals surface area (Å²) in [6, 6.07) is 28.2. The van der Waals surface area contributed by atoms with Crippen molar-refractivity contribution in [2.75, 3.05) is 13.2 Å². The van der Waals surface area contributed by atoms with Crippen LogP contribution in [0.5, 0.6) is 0 Å². The molecule has 1 saturated heterocycles. The summed E-state index contributed by atoms with van der Waals surface area (Å²) in [5, 5.41) is 2.29. The van der Waals surface area contributed by atoms with Gasteiger partial charge in [-0.3, -0.25) is 4.79 Å². The summed E-state index contributed by atoms with van der Waals surface area (Å²) in [5.74, 6) is 0.128. The summed E-state index contributed by atoms with van der Waals surface area (Å²) in [6.45, 7) is 7.98. The number of benzene rings is 3. The van der Waals surface area contributed by atoms with Gasteiger partial charge in [-0.25, -0.2) is 4.39 Å². The molecule has 0 radical (unpaired) electrons. The number of rotatable bonds is 8. The van der Waals surface area contributed by atoms with Gasteiger partial charge in [-0.1, -0.05) is 93.6 Å². The van der Waals surface area contributed by atoms with E-state index >= 15 is 0 Å². The molecule has 3 fully saturated rings. The normalized spacial score (nSPS) is 28.1. The smallest absolute Gasteiger partial charge is 0.261 e. The van der Waals surface area contributed by atoms with E-state index < -0.39 is 19.3 Å². The zero-order valence-corrected chi connectivity index (χ0v) is 26.1. The van der Waals surface area contributed by atoms with Crippen LogP contribution in [0.4, 0.5) is 4.39 Å². The largest absolute Gasteiger partial charge is 0.404 e. The lowest BCUT2D eigenvalue weighted by Gasteiger charge is -2.46. The van der Waals surface area contributed by atoms with E-state index in [1.807, 2.05) is 12.1 Å². The molecule has 1 unspecified atom stereocenters. The summed E-state index contributed by atoms with van der Waals surface area (Å²) in [4.78, 5) is 13.0. The Balaban J connectivity index is 1.43. The van der Waals surface area contributed by atoms with Gasteiger partial charge in [0.05, 0.1) is 12.2 Å². The van der Waals surface area contributed by atoms with Crippen LogP contribution < -0.4 is 10.4 Å². The number of fused-ring (bicyclic) bond motifs is 1. The lowest BCUT2D eigenvalue weighted by atomic mass is 9.74. The van der Waals surface area contributed by atoms with Gasteiger partial charge in [0.2, 0.25) is 0 Å². The van der Waals surface area contributed by atoms with E-state index in [-0.39, 0.29) is 28.8 Å². The third-order valence-electron chi connectivity index (χ3n) is 9.93. The molecule has 3 aromatic rings. The highest BCUT2D eigenvalue weighted by molar-refractivity contribution is 6.99. The second-order valence-electron chi connectivity index (χ2n) is 13.7. The first-order valence-electron chi connectivity index (χ1n) is 15.5. The fourth-order valence-corrected chi connectivity index (χ4v) is 12.8. The monoisotopic (exact) mass is 586 g/mol. The first kappa shape index (κ1) is 29.4. The highest BCUT2D eigenvalue weighted by Gasteiger charge is 2.62. The molecule has 0 N–H and O–H groups in total. The van der Waals surface area contributed by atoms with Crippen molar-refractivity contribution in [3.8, 4) is 0 Å². The third-order valence-corrected chi connectivity index (χ3v) is 14.9. The molecule has 4 atom stereocenters. The molecule has 42 heavy (non-hydrogen) atoms. The van der Waals surface area contributed by atoms with E-state index in [0.29, 0.717) is 38.9 Å². The van der Waals surface area contributed by atoms with Gasteiger partial charge < -0.3 is 13.9 Å². The third kappa shape index (κ3) is 5.32. The molecule has 1 aliphatic heterocycles. The van der Waals surface area contributed by atoms with E-state index in [9.17, 15) is 9.18 Å². The summed E-state index contributed by atoms with van der Waals surface area (Å²) >= 11 is 0. The van der Waals surface area contributed by atoms with Crippen LogP contribution in [0.2, 0.25) is 5.04 Å². The number of carbonyl (C=O) groups is 1. The molecular formula is C36H43FO4Si. The average molecular weight is 587 g/mol. The Morgan fingerprint density at radius 1 is 0.929 bits per heavy atom. The second-order valence-corrected chi connectivity index (χ2v) is 18.0. The minimum absolute atomic E-state index is 0.113. The minimum Gasteiger partial charge on any atom is -0.404 e. The topological polar surface area (TPSA) is 44.8 Å². The van der Waals surface area contributed by atoms with Crippen molar-refractivity contribution in [1.82, 2.24) is 0 Å². The van der Waals surface area contributed by atoms with Crippen molar-refractivity contribution < 1.29 is 23.1 Å². The summed E-state index contributed by atoms with van der Waals surface area (Å²) in [5.41, 5.74) is 0.00327. The zero-order chi connectivity index (χ0) is 29.4. The maximum absolute atomic E-state index is 14.0. The van der Waals surface area contributed by atoms with Crippen molar-refractivity contribution in [2.45, 2.75) is 88.1 Å². The summed E-state index contributed by atoms with van der Waals surface area (Å²) < 4.78 is 34.7. The predicted octanol–water partition coefficient (Wildman–Crippen LogP) is 6.70. The van der Waals surface area contributed by atoms with Gasteiger partial charge in [0.25, 0.3) is 8.32 Å². The van der Waals surface area contributed by atoms with Crippen molar-refractivity contribution in [1.29, 1.82) is 0 Å². The van der Waals surface area contributed by atoms with Crippen molar-refractivity contribution >= 4 is 24.5 Å². The van der Waals surface area contributed by atoms with Crippen molar-refractivity contribution in [3.05, 3.63) is 96.3 Å². The van der Waals surface area contributed by atoms with Gasteiger partial charge in [0, 0.05) is 24.9 Å². The molecule has 1 heterocycles. The van der Waals surface area contributed by atoms with E-state index in [1.165, 1.54) is 22.5 Å². The SMILES string of the molecule is CC(C)(C)[Si](OC[C@@]1(OC2CCCCO2)C[C@@H]2CC(=O)C[C@@]2(c2ccc(F)cc2)C1)(c1ccccc1)c1ccccc1. The van der Waals surface area contributed by atoms with E-state index in [0.717, 1.165) is 24.8 Å². The van der Waals surface area contributed by atoms with Gasteiger partial charge in [-0.2, -0.15) is 0 Å². The first-order chi connectivity index (χ1) is 20.2. The van der Waals surface area contributed by atoms with Gasteiger partial charge in [-0.15, -0.1) is 0 Å². The zero-order valence-electron chi connectivity index (χ0n) is 25.1. The Morgan fingerprint density at radius 3 is 2.14 bits per heavy atom. The quantitative estimate of drug-likeness (QED) is 0.276. The molecule has 0 amide bonds. The Hall–Kier alpha value is -2.64. The average Bonchev–Trinajstić information content (AvgIpc) is 3.44. The number of carbonyl (C=O) groups excluding carboxylic acids is 1. The van der Waals surface area contributed by atoms with Gasteiger partial charge in [0.15, 0.2) is 6.29 Å². The van der Waals surface area contributed by atoms with Gasteiger partial charge in [-0.05, 0) is 71.1 Å². The highest BCUT2D eigenvalue weighted by atomic mass is 28.4. The maximum Gasteiger partial charge on any atom is 0.261 e. The number of ether oxygens (including phenoxy) is 2. The minimum atomic E-state index is -2.83. The number of hydrogen-bond acceptors (Lipinski definition) is 4. The summed E-state index contributed by atoms with van der Waals surface area (Å²) in [6.07, 6.45) is 5.03. The molecule has 3 aliphatic rings. The van der Waals surface area contributed by atoms with E-state index in [2.05, 4.69) is 81.4 Å². The lowest BCUT2D eigenvalue weighted by molar-refractivity contribution is -0.233. The van der Waals surface area contributed by atoms with Gasteiger partial charge in [0.1, 0.15) is 11.6 Å². The number of halogens is 1. The molecule has 2 saturated carbocycles. The van der Waals surface area contributed by atoms with Crippen LogP contribution in [0.25, 0.3) is 0 Å². The van der Waals surface area contributed by atoms with E-state index in [4.69, 9.17) is 13.9 Å². The first-order valence-corrected chi connectivity index (χ1v) is 17.4. The maximum atomic E-state index is 14.0. The Morgan fingerprint density at radius 2 is 1.57 bits per heavy atom. The fourth-order valence-electron chi connectivity index (χ4n) is 8.15. The molecule has 3 aromatic carbocycles. The predicted molar refractivity (Wildman–Crippen MR) is 166 cm³/mol. The standard InChI is InChI=1S/C36H43FO4Si/c1-34(2,3)42(31-12-6-4-7-13-31,32-14-8-5-9-15-32)40-26-35(41-33-16-10-11-21-39-33)23-28-22-30(38)24-36(28,25-35)27-17-19-29(37)20-18-27/h4-9,12-15,17-20,28,33H,10-11,16,21-26H2,1-3H3/t28-,33?,35+,36-/m0/s1. The molecule has 0 bridgehead atoms. The number of ketones is 1. The molecule has 6 rings (SSSR count). The molecule has 0 spiro atoms. The van der Waals surface area contributed by atoms with Gasteiger partial charge >= 0.3 is 0 Å². The molecule has 0 aromatic heterocycles. The molecule has 2 aliphatic carbocycles. The van der Waals surface area contributed by atoms with E-state index in [1.54, 1.807) is 0 Å². The molecule has 222 valence electrons. The Bertz CT molecular complexity index is 1330. The second kappa shape index (κ2) is 11.5. The molecule has 6 heteroatoms. The highest BCUT2D eigenvalue weighted by Crippen LogP contribution is 2.59. The lowest BCUT2D eigenvalue weighted by Crippen LogP contribution is -2.67. The fraction of sp³-hybridized carbons (Fsp3) is 0.472. The number of Topliss-reactive ketones (excluding diaryl/α,β-unsaturated/α-hetero) is 1. The van der Waals surface area contributed by atoms with Crippen molar-refractivity contribution in [3.63, 3.8) is 0 Å². The van der Waals surface area contributed by atoms with Crippen LogP contribution in [-0.4, -0.2) is 39.2 Å². The van der Waals surface area contributed by atoms with Crippen LogP contribution in [0.15, 0.2) is 84.9 Å². The van der Waals surface area contributed by atoms with Crippen LogP contribution in [0.3, 0.4) is 0 Å². The van der Waals surface area contributed by atoms with Crippen LogP contribution in [0.1, 0.15) is 71.3 Å². The molecule has 4 nitrogen and oxygen atoms in total. The number of hydrogen-bond donors (Lipinski definition) is 0. The Kier molecular flexibility index (Phi) is 8.03. The van der Waals surface area contributed by atoms with Crippen molar-refractivity contribution in [2.24, 2.45) is 5.92 Å². The summed E-state index contributed by atoms with van der Waals surface area (Å²) in [7, 11) is -2.83. The van der Waals surface area contributed by atoms with Crippen LogP contribution in [0, 0.1) is 11.7 Å². The molecular weight excluding hydrogens is 543 g/mol.